The van der Waals surface area contributed by atoms with E-state index in [1.807, 2.05) is 30.3 Å². The third kappa shape index (κ3) is 14.3. The molecule has 0 saturated heterocycles. The largest absolute Gasteiger partial charge is 0.455 e. The summed E-state index contributed by atoms with van der Waals surface area (Å²) in [6, 6.07) is 18.6. The number of carbonyl (C=O) groups is 1. The van der Waals surface area contributed by atoms with Crippen molar-refractivity contribution in [1.29, 1.82) is 0 Å². The van der Waals surface area contributed by atoms with Crippen LogP contribution in [0.15, 0.2) is 54.6 Å². The molecule has 0 bridgehead atoms. The highest BCUT2D eigenvalue weighted by atomic mass is 16.7. The second kappa shape index (κ2) is 18.0. The summed E-state index contributed by atoms with van der Waals surface area (Å²) in [4.78, 5) is 12.8. The molecule has 0 spiro atoms. The first kappa shape index (κ1) is 30.9. The number of rotatable bonds is 20. The van der Waals surface area contributed by atoms with Gasteiger partial charge in [0.1, 0.15) is 12.3 Å². The van der Waals surface area contributed by atoms with Crippen LogP contribution in [0.25, 0.3) is 0 Å². The maximum Gasteiger partial charge on any atom is 0.364 e. The number of carbonyl (C=O) groups excluding carboxylic acids is 1. The number of ether oxygens (including phenoxy) is 2. The predicted octanol–water partition coefficient (Wildman–Crippen LogP) is 8.47. The Labute approximate surface area is 227 Å². The molecular weight excluding hydrogens is 458 g/mol. The Kier molecular flexibility index (Phi) is 15.0. The molecule has 4 heteroatoms. The Bertz CT molecular complexity index is 865. The molecule has 0 aliphatic carbocycles. The van der Waals surface area contributed by atoms with Gasteiger partial charge in [-0.2, -0.15) is 0 Å². The SMILES string of the molecule is CCCCCCCCCCCCc1cccc(OC(CCC)OC(=O)C[N+](C)(C)Cc2ccccc2)c1. The van der Waals surface area contributed by atoms with E-state index in [9.17, 15) is 4.79 Å². The molecule has 0 aromatic heterocycles. The molecule has 0 amide bonds. The molecule has 0 saturated carbocycles. The van der Waals surface area contributed by atoms with Gasteiger partial charge in [-0.05, 0) is 37.0 Å². The van der Waals surface area contributed by atoms with Crippen LogP contribution >= 0.6 is 0 Å². The van der Waals surface area contributed by atoms with Crippen LogP contribution in [0.4, 0.5) is 0 Å². The molecule has 2 aromatic carbocycles. The van der Waals surface area contributed by atoms with E-state index in [2.05, 4.69) is 52.2 Å². The lowest BCUT2D eigenvalue weighted by atomic mass is 10.0. The first-order chi connectivity index (χ1) is 17.9. The predicted molar refractivity (Wildman–Crippen MR) is 155 cm³/mol. The molecule has 2 aromatic rings. The van der Waals surface area contributed by atoms with Crippen LogP contribution in [0.3, 0.4) is 0 Å². The monoisotopic (exact) mass is 510 g/mol. The van der Waals surface area contributed by atoms with Gasteiger partial charge in [-0.25, -0.2) is 4.79 Å². The van der Waals surface area contributed by atoms with Gasteiger partial charge in [0, 0.05) is 12.0 Å². The number of esters is 1. The number of aryl methyl sites for hydroxylation is 1. The van der Waals surface area contributed by atoms with E-state index in [0.29, 0.717) is 17.4 Å². The highest BCUT2D eigenvalue weighted by Crippen LogP contribution is 2.20. The highest BCUT2D eigenvalue weighted by Gasteiger charge is 2.25. The van der Waals surface area contributed by atoms with Crippen molar-refractivity contribution in [2.75, 3.05) is 20.6 Å². The molecule has 1 unspecified atom stereocenters. The van der Waals surface area contributed by atoms with Crippen molar-refractivity contribution in [3.63, 3.8) is 0 Å². The zero-order chi connectivity index (χ0) is 26.8. The number of likely N-dealkylation sites (N-methyl/N-ethyl adjacent to an activating group) is 1. The van der Waals surface area contributed by atoms with Crippen LogP contribution in [0.5, 0.6) is 5.75 Å². The summed E-state index contributed by atoms with van der Waals surface area (Å²) >= 11 is 0. The fourth-order valence-electron chi connectivity index (χ4n) is 4.79. The van der Waals surface area contributed by atoms with Crippen LogP contribution in [-0.2, 0) is 22.5 Å². The third-order valence-electron chi connectivity index (χ3n) is 6.78. The smallest absolute Gasteiger partial charge is 0.364 e. The van der Waals surface area contributed by atoms with Crippen molar-refractivity contribution in [3.05, 3.63) is 65.7 Å². The van der Waals surface area contributed by atoms with E-state index in [-0.39, 0.29) is 5.97 Å². The fourth-order valence-corrected chi connectivity index (χ4v) is 4.79. The molecule has 0 aliphatic heterocycles. The quantitative estimate of drug-likeness (QED) is 0.0775. The number of nitrogens with zero attached hydrogens (tertiary/aromatic N) is 1. The standard InChI is InChI=1S/C33H52NO3/c1-5-7-8-9-10-11-12-13-14-16-21-29-24-19-25-31(26-29)36-33(20-6-2)37-32(35)28-34(3,4)27-30-22-17-15-18-23-30/h15,17-19,22-26,33H,5-14,16,20-21,27-28H2,1-4H3/q+1. The van der Waals surface area contributed by atoms with Crippen molar-refractivity contribution in [2.24, 2.45) is 0 Å². The minimum Gasteiger partial charge on any atom is -0.455 e. The third-order valence-corrected chi connectivity index (χ3v) is 6.78. The van der Waals surface area contributed by atoms with Crippen LogP contribution in [0, 0.1) is 0 Å². The maximum absolute atomic E-state index is 12.8. The molecule has 1 atom stereocenters. The summed E-state index contributed by atoms with van der Waals surface area (Å²) in [7, 11) is 4.11. The molecule has 37 heavy (non-hydrogen) atoms. The molecule has 4 nitrogen and oxygen atoms in total. The maximum atomic E-state index is 12.8. The normalized spacial score (nSPS) is 12.3. The summed E-state index contributed by atoms with van der Waals surface area (Å²) in [6.07, 6.45) is 15.6. The minimum absolute atomic E-state index is 0.221. The summed E-state index contributed by atoms with van der Waals surface area (Å²) in [5, 5.41) is 0. The lowest BCUT2D eigenvalue weighted by Crippen LogP contribution is -2.44. The Hall–Kier alpha value is -2.33. The summed E-state index contributed by atoms with van der Waals surface area (Å²) in [5.74, 6) is 0.565. The first-order valence-electron chi connectivity index (χ1n) is 14.7. The average Bonchev–Trinajstić information content (AvgIpc) is 2.85. The average molecular weight is 511 g/mol. The van der Waals surface area contributed by atoms with Crippen LogP contribution in [-0.4, -0.2) is 37.4 Å². The number of hydrogen-bond donors (Lipinski definition) is 0. The Morgan fingerprint density at radius 3 is 2.03 bits per heavy atom. The summed E-state index contributed by atoms with van der Waals surface area (Å²) < 4.78 is 12.5. The molecule has 0 heterocycles. The number of quaternary nitrogens is 1. The van der Waals surface area contributed by atoms with Crippen molar-refractivity contribution in [3.8, 4) is 5.75 Å². The second-order valence-electron chi connectivity index (χ2n) is 11.1. The first-order valence-corrected chi connectivity index (χ1v) is 14.7. The van der Waals surface area contributed by atoms with E-state index < -0.39 is 6.29 Å². The van der Waals surface area contributed by atoms with E-state index in [4.69, 9.17) is 9.47 Å². The Balaban J connectivity index is 1.74. The van der Waals surface area contributed by atoms with E-state index in [1.165, 1.54) is 75.3 Å². The van der Waals surface area contributed by atoms with Gasteiger partial charge in [-0.1, -0.05) is 114 Å². The molecule has 2 rings (SSSR count). The Morgan fingerprint density at radius 2 is 1.38 bits per heavy atom. The van der Waals surface area contributed by atoms with Crippen molar-refractivity contribution in [1.82, 2.24) is 0 Å². The van der Waals surface area contributed by atoms with Gasteiger partial charge in [-0.15, -0.1) is 0 Å². The molecule has 0 radical (unpaired) electrons. The van der Waals surface area contributed by atoms with E-state index in [1.54, 1.807) is 0 Å². The molecule has 0 fully saturated rings. The molecule has 0 aliphatic rings. The summed E-state index contributed by atoms with van der Waals surface area (Å²) in [5.41, 5.74) is 2.50. The van der Waals surface area contributed by atoms with Gasteiger partial charge in [0.2, 0.25) is 6.29 Å². The topological polar surface area (TPSA) is 35.5 Å². The molecule has 0 N–H and O–H groups in total. The van der Waals surface area contributed by atoms with Gasteiger partial charge in [0.15, 0.2) is 6.54 Å². The summed E-state index contributed by atoms with van der Waals surface area (Å²) in [6.45, 7) is 5.43. The fraction of sp³-hybridized carbons (Fsp3) is 0.606. The number of unbranched alkanes of at least 4 members (excludes halogenated alkanes) is 9. The van der Waals surface area contributed by atoms with Gasteiger partial charge < -0.3 is 14.0 Å². The van der Waals surface area contributed by atoms with Crippen molar-refractivity contribution in [2.45, 2.75) is 110 Å². The Morgan fingerprint density at radius 1 is 0.757 bits per heavy atom. The van der Waals surface area contributed by atoms with Crippen LogP contribution < -0.4 is 4.74 Å². The van der Waals surface area contributed by atoms with Crippen LogP contribution in [0.1, 0.15) is 102 Å². The van der Waals surface area contributed by atoms with Gasteiger partial charge in [0.05, 0.1) is 14.1 Å². The van der Waals surface area contributed by atoms with Crippen molar-refractivity contribution >= 4 is 5.97 Å². The molecule has 206 valence electrons. The lowest BCUT2D eigenvalue weighted by Gasteiger charge is -2.29. The van der Waals surface area contributed by atoms with E-state index in [0.717, 1.165) is 25.1 Å². The van der Waals surface area contributed by atoms with Gasteiger partial charge in [-0.3, -0.25) is 0 Å². The number of benzene rings is 2. The van der Waals surface area contributed by atoms with Crippen LogP contribution in [0.2, 0.25) is 0 Å². The highest BCUT2D eigenvalue weighted by molar-refractivity contribution is 5.70. The number of hydrogen-bond acceptors (Lipinski definition) is 3. The van der Waals surface area contributed by atoms with Gasteiger partial charge in [0.25, 0.3) is 0 Å². The van der Waals surface area contributed by atoms with Crippen molar-refractivity contribution < 1.29 is 18.8 Å². The molecular formula is C33H52NO3+. The zero-order valence-electron chi connectivity index (χ0n) is 24.1. The second-order valence-corrected chi connectivity index (χ2v) is 11.1. The lowest BCUT2D eigenvalue weighted by molar-refractivity contribution is -0.896. The zero-order valence-corrected chi connectivity index (χ0v) is 24.1. The van der Waals surface area contributed by atoms with E-state index >= 15 is 0 Å². The van der Waals surface area contributed by atoms with Gasteiger partial charge >= 0.3 is 5.97 Å². The minimum atomic E-state index is -0.554.